The minimum absolute atomic E-state index is 0.00810. The second kappa shape index (κ2) is 3.72. The third-order valence-corrected chi connectivity index (χ3v) is 2.24. The molecule has 0 N–H and O–H groups in total. The van der Waals surface area contributed by atoms with Gasteiger partial charge in [0.25, 0.3) is 0 Å². The molecule has 64 valence electrons. The van der Waals surface area contributed by atoms with Crippen molar-refractivity contribution in [3.05, 3.63) is 0 Å². The zero-order valence-corrected chi connectivity index (χ0v) is 7.17. The summed E-state index contributed by atoms with van der Waals surface area (Å²) in [4.78, 5) is 13.2. The molecule has 1 atom stereocenters. The standard InChI is InChI=1S/C8H15NO2/c1-9-6-4-3-5-7(9)8(10)11-2/h7H,3-6H2,1-2H3/t7-/m1/s1. The second-order valence-corrected chi connectivity index (χ2v) is 3.02. The SMILES string of the molecule is COC(=O)[C@H]1CCCCN1C. The van der Waals surface area contributed by atoms with E-state index in [0.717, 1.165) is 19.4 Å². The lowest BCUT2D eigenvalue weighted by Crippen LogP contribution is -2.42. The Hall–Kier alpha value is -0.570. The van der Waals surface area contributed by atoms with Gasteiger partial charge < -0.3 is 4.74 Å². The van der Waals surface area contributed by atoms with E-state index in [-0.39, 0.29) is 12.0 Å². The van der Waals surface area contributed by atoms with Gasteiger partial charge in [-0.1, -0.05) is 6.42 Å². The van der Waals surface area contributed by atoms with Gasteiger partial charge in [0.15, 0.2) is 0 Å². The lowest BCUT2D eigenvalue weighted by atomic mass is 10.0. The van der Waals surface area contributed by atoms with Crippen LogP contribution in [0.25, 0.3) is 0 Å². The largest absolute Gasteiger partial charge is 0.468 e. The third-order valence-electron chi connectivity index (χ3n) is 2.24. The van der Waals surface area contributed by atoms with Crippen molar-refractivity contribution in [1.82, 2.24) is 4.90 Å². The van der Waals surface area contributed by atoms with Crippen LogP contribution in [0.4, 0.5) is 0 Å². The number of methoxy groups -OCH3 is 1. The van der Waals surface area contributed by atoms with E-state index in [4.69, 9.17) is 0 Å². The fourth-order valence-corrected chi connectivity index (χ4v) is 1.51. The molecular weight excluding hydrogens is 142 g/mol. The van der Waals surface area contributed by atoms with Gasteiger partial charge in [-0.25, -0.2) is 0 Å². The number of hydrogen-bond acceptors (Lipinski definition) is 3. The van der Waals surface area contributed by atoms with E-state index in [1.54, 1.807) is 0 Å². The monoisotopic (exact) mass is 157 g/mol. The molecule has 3 nitrogen and oxygen atoms in total. The Bertz CT molecular complexity index is 147. The smallest absolute Gasteiger partial charge is 0.323 e. The predicted molar refractivity (Wildman–Crippen MR) is 42.3 cm³/mol. The average Bonchev–Trinajstić information content (AvgIpc) is 2.04. The Balaban J connectivity index is 2.47. The van der Waals surface area contributed by atoms with Crippen LogP contribution in [0.15, 0.2) is 0 Å². The number of carbonyl (C=O) groups is 1. The van der Waals surface area contributed by atoms with Gasteiger partial charge in [-0.3, -0.25) is 9.69 Å². The first-order valence-corrected chi connectivity index (χ1v) is 4.04. The highest BCUT2D eigenvalue weighted by atomic mass is 16.5. The second-order valence-electron chi connectivity index (χ2n) is 3.02. The fraction of sp³-hybridized carbons (Fsp3) is 0.875. The topological polar surface area (TPSA) is 29.5 Å². The van der Waals surface area contributed by atoms with Crippen LogP contribution in [0.5, 0.6) is 0 Å². The van der Waals surface area contributed by atoms with Gasteiger partial charge in [0.1, 0.15) is 6.04 Å². The highest BCUT2D eigenvalue weighted by molar-refractivity contribution is 5.75. The molecule has 11 heavy (non-hydrogen) atoms. The van der Waals surface area contributed by atoms with E-state index in [0.29, 0.717) is 0 Å². The molecule has 0 bridgehead atoms. The highest BCUT2D eigenvalue weighted by Crippen LogP contribution is 2.15. The Kier molecular flexibility index (Phi) is 2.88. The number of carbonyl (C=O) groups excluding carboxylic acids is 1. The molecule has 0 aromatic heterocycles. The van der Waals surface area contributed by atoms with E-state index >= 15 is 0 Å². The average molecular weight is 157 g/mol. The summed E-state index contributed by atoms with van der Waals surface area (Å²) in [5, 5.41) is 0. The van der Waals surface area contributed by atoms with Crippen molar-refractivity contribution in [2.24, 2.45) is 0 Å². The summed E-state index contributed by atoms with van der Waals surface area (Å²) in [6.07, 6.45) is 3.29. The van der Waals surface area contributed by atoms with Crippen LogP contribution in [0.1, 0.15) is 19.3 Å². The summed E-state index contributed by atoms with van der Waals surface area (Å²) in [5.41, 5.74) is 0. The van der Waals surface area contributed by atoms with Crippen LogP contribution >= 0.6 is 0 Å². The molecule has 0 radical (unpaired) electrons. The minimum Gasteiger partial charge on any atom is -0.468 e. The summed E-state index contributed by atoms with van der Waals surface area (Å²) in [6.45, 7) is 1.01. The molecule has 0 saturated carbocycles. The summed E-state index contributed by atoms with van der Waals surface area (Å²) >= 11 is 0. The number of likely N-dealkylation sites (N-methyl/N-ethyl adjacent to an activating group) is 1. The van der Waals surface area contributed by atoms with Crippen molar-refractivity contribution >= 4 is 5.97 Å². The van der Waals surface area contributed by atoms with E-state index < -0.39 is 0 Å². The van der Waals surface area contributed by atoms with E-state index in [1.165, 1.54) is 13.5 Å². The molecule has 0 unspecified atom stereocenters. The first-order chi connectivity index (χ1) is 5.25. The molecule has 0 amide bonds. The molecule has 1 aliphatic rings. The maximum Gasteiger partial charge on any atom is 0.323 e. The van der Waals surface area contributed by atoms with Crippen molar-refractivity contribution < 1.29 is 9.53 Å². The predicted octanol–water partition coefficient (Wildman–Crippen LogP) is 0.644. The van der Waals surface area contributed by atoms with Gasteiger partial charge in [-0.05, 0) is 26.4 Å². The van der Waals surface area contributed by atoms with Gasteiger partial charge in [-0.15, -0.1) is 0 Å². The molecule has 1 fully saturated rings. The molecule has 0 aromatic rings. The lowest BCUT2D eigenvalue weighted by Gasteiger charge is -2.29. The maximum atomic E-state index is 11.1. The van der Waals surface area contributed by atoms with Crippen LogP contribution in [0.3, 0.4) is 0 Å². The lowest BCUT2D eigenvalue weighted by molar-refractivity contribution is -0.147. The summed E-state index contributed by atoms with van der Waals surface area (Å²) in [5.74, 6) is -0.0906. The van der Waals surface area contributed by atoms with Crippen molar-refractivity contribution in [3.8, 4) is 0 Å². The zero-order chi connectivity index (χ0) is 8.27. The Morgan fingerprint density at radius 2 is 2.27 bits per heavy atom. The number of rotatable bonds is 1. The summed E-state index contributed by atoms with van der Waals surface area (Å²) < 4.78 is 4.68. The van der Waals surface area contributed by atoms with E-state index in [9.17, 15) is 4.79 Å². The molecule has 1 heterocycles. The van der Waals surface area contributed by atoms with Crippen LogP contribution in [0.2, 0.25) is 0 Å². The van der Waals surface area contributed by atoms with Crippen molar-refractivity contribution in [2.45, 2.75) is 25.3 Å². The van der Waals surface area contributed by atoms with Crippen LogP contribution in [0, 0.1) is 0 Å². The molecule has 3 heteroatoms. The number of ether oxygens (including phenoxy) is 1. The molecule has 1 aliphatic heterocycles. The summed E-state index contributed by atoms with van der Waals surface area (Å²) in [7, 11) is 3.42. The Morgan fingerprint density at radius 3 is 2.82 bits per heavy atom. The fourth-order valence-electron chi connectivity index (χ4n) is 1.51. The van der Waals surface area contributed by atoms with E-state index in [1.807, 2.05) is 7.05 Å². The van der Waals surface area contributed by atoms with Gasteiger partial charge in [0.2, 0.25) is 0 Å². The Labute approximate surface area is 67.3 Å². The van der Waals surface area contributed by atoms with E-state index in [2.05, 4.69) is 9.64 Å². The zero-order valence-electron chi connectivity index (χ0n) is 7.17. The maximum absolute atomic E-state index is 11.1. The molecule has 0 aromatic carbocycles. The van der Waals surface area contributed by atoms with Crippen molar-refractivity contribution in [2.75, 3.05) is 20.7 Å². The van der Waals surface area contributed by atoms with Gasteiger partial charge in [0, 0.05) is 0 Å². The number of nitrogens with zero attached hydrogens (tertiary/aromatic N) is 1. The third kappa shape index (κ3) is 1.93. The quantitative estimate of drug-likeness (QED) is 0.523. The Morgan fingerprint density at radius 1 is 1.55 bits per heavy atom. The molecule has 0 spiro atoms. The highest BCUT2D eigenvalue weighted by Gasteiger charge is 2.25. The van der Waals surface area contributed by atoms with Gasteiger partial charge in [-0.2, -0.15) is 0 Å². The van der Waals surface area contributed by atoms with Gasteiger partial charge in [0.05, 0.1) is 7.11 Å². The first-order valence-electron chi connectivity index (χ1n) is 4.04. The normalized spacial score (nSPS) is 26.5. The molecule has 0 aliphatic carbocycles. The van der Waals surface area contributed by atoms with Crippen LogP contribution in [-0.4, -0.2) is 37.6 Å². The van der Waals surface area contributed by atoms with Crippen molar-refractivity contribution in [3.63, 3.8) is 0 Å². The first kappa shape index (κ1) is 8.53. The molecular formula is C8H15NO2. The summed E-state index contributed by atoms with van der Waals surface area (Å²) in [6, 6.07) is 0.00810. The number of piperidine rings is 1. The molecule has 1 saturated heterocycles. The van der Waals surface area contributed by atoms with Gasteiger partial charge >= 0.3 is 5.97 Å². The molecule has 1 rings (SSSR count). The van der Waals surface area contributed by atoms with Crippen molar-refractivity contribution in [1.29, 1.82) is 0 Å². The number of hydrogen-bond donors (Lipinski definition) is 0. The van der Waals surface area contributed by atoms with Crippen LogP contribution < -0.4 is 0 Å². The minimum atomic E-state index is -0.0906. The van der Waals surface area contributed by atoms with Crippen LogP contribution in [-0.2, 0) is 9.53 Å². The number of esters is 1. The number of likely N-dealkylation sites (tertiary alicyclic amines) is 1.